The number of fused-ring (bicyclic) bond motifs is 2. The molecule has 0 unspecified atom stereocenters. The number of H-pyrrole nitrogens is 1. The molecule has 1 aromatic carbocycles. The number of benzene rings is 1. The van der Waals surface area contributed by atoms with Gasteiger partial charge < -0.3 is 5.11 Å². The van der Waals surface area contributed by atoms with Gasteiger partial charge in [-0.2, -0.15) is 0 Å². The summed E-state index contributed by atoms with van der Waals surface area (Å²) in [6.07, 6.45) is 4.80. The molecule has 6 heteroatoms. The van der Waals surface area contributed by atoms with E-state index >= 15 is 0 Å². The van der Waals surface area contributed by atoms with Crippen LogP contribution in [-0.4, -0.2) is 26.9 Å². The van der Waals surface area contributed by atoms with Gasteiger partial charge in [0.2, 0.25) is 5.88 Å². The molecule has 0 radical (unpaired) electrons. The van der Waals surface area contributed by atoms with Crippen molar-refractivity contribution in [2.75, 3.05) is 0 Å². The van der Waals surface area contributed by atoms with Crippen LogP contribution in [0.3, 0.4) is 0 Å². The number of hydrogen-bond donors (Lipinski definition) is 2. The second-order valence-corrected chi connectivity index (χ2v) is 9.98. The zero-order valence-corrected chi connectivity index (χ0v) is 18.7. The number of nitrogens with one attached hydrogen (secondary N) is 1. The van der Waals surface area contributed by atoms with Crippen LogP contribution in [0.4, 0.5) is 0 Å². The molecule has 6 nitrogen and oxygen atoms in total. The maximum Gasteiger partial charge on any atom is 0.335 e. The number of aryl methyl sites for hydroxylation is 3. The SMILES string of the molecule is Cc1cc(C)c(-n2c(O)c(C=N[C@@H]3C[C@H]4CC[C@]3(C)C4(C)C)c(=O)[nH]c2=O)c(C)c1. The van der Waals surface area contributed by atoms with Crippen LogP contribution < -0.4 is 11.2 Å². The van der Waals surface area contributed by atoms with Crippen LogP contribution in [0, 0.1) is 37.5 Å². The first-order chi connectivity index (χ1) is 14.0. The zero-order valence-electron chi connectivity index (χ0n) is 18.7. The molecule has 0 amide bonds. The van der Waals surface area contributed by atoms with Crippen LogP contribution in [0.15, 0.2) is 26.7 Å². The van der Waals surface area contributed by atoms with Crippen LogP contribution in [0.2, 0.25) is 0 Å². The third-order valence-corrected chi connectivity index (χ3v) is 8.11. The first kappa shape index (κ1) is 20.6. The van der Waals surface area contributed by atoms with Gasteiger partial charge in [0, 0.05) is 6.21 Å². The fourth-order valence-electron chi connectivity index (χ4n) is 5.94. The van der Waals surface area contributed by atoms with Crippen molar-refractivity contribution in [2.24, 2.45) is 21.7 Å². The van der Waals surface area contributed by atoms with E-state index in [9.17, 15) is 14.7 Å². The second-order valence-electron chi connectivity index (χ2n) is 9.98. The Balaban J connectivity index is 1.80. The van der Waals surface area contributed by atoms with Gasteiger partial charge in [-0.25, -0.2) is 9.36 Å². The summed E-state index contributed by atoms with van der Waals surface area (Å²) < 4.78 is 1.18. The lowest BCUT2D eigenvalue weighted by molar-refractivity contribution is 0.137. The number of nitrogens with zero attached hydrogens (tertiary/aromatic N) is 2. The molecule has 160 valence electrons. The van der Waals surface area contributed by atoms with E-state index in [2.05, 4.69) is 25.8 Å². The van der Waals surface area contributed by atoms with E-state index in [1.165, 1.54) is 17.2 Å². The molecule has 2 saturated carbocycles. The molecule has 1 aromatic heterocycles. The van der Waals surface area contributed by atoms with Crippen LogP contribution in [-0.2, 0) is 0 Å². The molecule has 2 aliphatic carbocycles. The Labute approximate surface area is 176 Å². The van der Waals surface area contributed by atoms with Crippen LogP contribution >= 0.6 is 0 Å². The molecule has 0 spiro atoms. The first-order valence-electron chi connectivity index (χ1n) is 10.7. The average Bonchev–Trinajstić information content (AvgIpc) is 2.96. The molecule has 2 fully saturated rings. The van der Waals surface area contributed by atoms with Crippen molar-refractivity contribution in [2.45, 2.75) is 66.8 Å². The highest BCUT2D eigenvalue weighted by molar-refractivity contribution is 5.82. The maximum absolute atomic E-state index is 12.6. The van der Waals surface area contributed by atoms with Gasteiger partial charge in [0.1, 0.15) is 5.56 Å². The molecular formula is C24H31N3O3. The third-order valence-electron chi connectivity index (χ3n) is 8.11. The minimum Gasteiger partial charge on any atom is -0.493 e. The van der Waals surface area contributed by atoms with Gasteiger partial charge in [-0.1, -0.05) is 38.5 Å². The fourth-order valence-corrected chi connectivity index (χ4v) is 5.94. The molecule has 1 heterocycles. The number of rotatable bonds is 3. The lowest BCUT2D eigenvalue weighted by Gasteiger charge is -2.37. The van der Waals surface area contributed by atoms with Gasteiger partial charge in [0.15, 0.2) is 0 Å². The summed E-state index contributed by atoms with van der Waals surface area (Å²) in [5, 5.41) is 10.9. The van der Waals surface area contributed by atoms with Crippen LogP contribution in [0.1, 0.15) is 62.3 Å². The predicted octanol–water partition coefficient (Wildman–Crippen LogP) is 3.79. The molecule has 30 heavy (non-hydrogen) atoms. The van der Waals surface area contributed by atoms with Gasteiger partial charge >= 0.3 is 5.69 Å². The first-order valence-corrected chi connectivity index (χ1v) is 10.7. The minimum atomic E-state index is -0.655. The van der Waals surface area contributed by atoms with E-state index in [0.29, 0.717) is 11.6 Å². The summed E-state index contributed by atoms with van der Waals surface area (Å²) >= 11 is 0. The molecular weight excluding hydrogens is 378 g/mol. The summed E-state index contributed by atoms with van der Waals surface area (Å²) in [4.78, 5) is 32.2. The molecule has 2 aromatic rings. The Morgan fingerprint density at radius 1 is 1.17 bits per heavy atom. The minimum absolute atomic E-state index is 0.0261. The molecule has 4 rings (SSSR count). The monoisotopic (exact) mass is 409 g/mol. The smallest absolute Gasteiger partial charge is 0.335 e. The standard InChI is InChI=1S/C24H31N3O3/c1-13-9-14(2)19(15(3)10-13)27-21(29)17(20(28)26-22(27)30)12-25-18-11-16-7-8-24(18,6)23(16,4)5/h9-10,12,16,18,29H,7-8,11H2,1-6H3,(H,26,28,30)/t16-,18-,24+/m1/s1. The third kappa shape index (κ3) is 2.80. The highest BCUT2D eigenvalue weighted by Gasteiger charge is 2.61. The van der Waals surface area contributed by atoms with Gasteiger partial charge in [0.25, 0.3) is 5.56 Å². The molecule has 2 bridgehead atoms. The Morgan fingerprint density at radius 3 is 2.33 bits per heavy atom. The Morgan fingerprint density at radius 2 is 1.80 bits per heavy atom. The Hall–Kier alpha value is -2.63. The quantitative estimate of drug-likeness (QED) is 0.756. The van der Waals surface area contributed by atoms with E-state index < -0.39 is 11.2 Å². The summed E-state index contributed by atoms with van der Waals surface area (Å²) in [6, 6.07) is 4.00. The molecule has 3 atom stereocenters. The number of hydrogen-bond acceptors (Lipinski definition) is 4. The molecule has 0 saturated heterocycles. The van der Waals surface area contributed by atoms with Crippen molar-refractivity contribution in [3.63, 3.8) is 0 Å². The van der Waals surface area contributed by atoms with Gasteiger partial charge in [-0.05, 0) is 67.9 Å². The van der Waals surface area contributed by atoms with Crippen molar-refractivity contribution in [1.29, 1.82) is 0 Å². The summed E-state index contributed by atoms with van der Waals surface area (Å²) in [7, 11) is 0. The lowest BCUT2D eigenvalue weighted by atomic mass is 9.69. The van der Waals surface area contributed by atoms with Gasteiger partial charge in [0.05, 0.1) is 11.7 Å². The normalized spacial score (nSPS) is 27.3. The summed E-state index contributed by atoms with van der Waals surface area (Å²) in [6.45, 7) is 12.7. The molecule has 0 aliphatic heterocycles. The molecule has 2 aliphatic rings. The van der Waals surface area contributed by atoms with Gasteiger partial charge in [-0.15, -0.1) is 0 Å². The summed E-state index contributed by atoms with van der Waals surface area (Å²) in [5.41, 5.74) is 2.39. The van der Waals surface area contributed by atoms with Crippen LogP contribution in [0.5, 0.6) is 5.88 Å². The molecule has 2 N–H and O–H groups in total. The number of aliphatic imine (C=N–C) groups is 1. The Bertz CT molecular complexity index is 1150. The number of aromatic nitrogens is 2. The van der Waals surface area contributed by atoms with Crippen molar-refractivity contribution < 1.29 is 5.11 Å². The second kappa shape index (κ2) is 6.69. The van der Waals surface area contributed by atoms with E-state index in [1.54, 1.807) is 0 Å². The Kier molecular flexibility index (Phi) is 4.60. The average molecular weight is 410 g/mol. The van der Waals surface area contributed by atoms with E-state index in [0.717, 1.165) is 29.5 Å². The number of aromatic amines is 1. The maximum atomic E-state index is 12.6. The highest BCUT2D eigenvalue weighted by Crippen LogP contribution is 2.66. The van der Waals surface area contributed by atoms with Crippen molar-refractivity contribution in [3.05, 3.63) is 55.2 Å². The van der Waals surface area contributed by atoms with Crippen molar-refractivity contribution in [1.82, 2.24) is 9.55 Å². The predicted molar refractivity (Wildman–Crippen MR) is 119 cm³/mol. The van der Waals surface area contributed by atoms with Crippen molar-refractivity contribution >= 4 is 6.21 Å². The zero-order chi connectivity index (χ0) is 22.0. The highest BCUT2D eigenvalue weighted by atomic mass is 16.3. The fraction of sp³-hybridized carbons (Fsp3) is 0.542. The van der Waals surface area contributed by atoms with Crippen LogP contribution in [0.25, 0.3) is 5.69 Å². The summed E-state index contributed by atoms with van der Waals surface area (Å²) in [5.74, 6) is 0.262. The van der Waals surface area contributed by atoms with Gasteiger partial charge in [-0.3, -0.25) is 14.8 Å². The van der Waals surface area contributed by atoms with Crippen molar-refractivity contribution in [3.8, 4) is 11.6 Å². The van der Waals surface area contributed by atoms with E-state index in [-0.39, 0.29) is 28.3 Å². The largest absolute Gasteiger partial charge is 0.493 e. The van der Waals surface area contributed by atoms with E-state index in [4.69, 9.17) is 4.99 Å². The van der Waals surface area contributed by atoms with E-state index in [1.807, 2.05) is 32.9 Å². The lowest BCUT2D eigenvalue weighted by Crippen LogP contribution is -2.35. The topological polar surface area (TPSA) is 87.4 Å². The number of aromatic hydroxyl groups is 1.